The van der Waals surface area contributed by atoms with Crippen LogP contribution < -0.4 is 0 Å². The first-order valence-corrected chi connectivity index (χ1v) is 8.57. The highest BCUT2D eigenvalue weighted by Crippen LogP contribution is 2.26. The quantitative estimate of drug-likeness (QED) is 0.846. The monoisotopic (exact) mass is 307 g/mol. The van der Waals surface area contributed by atoms with E-state index in [1.54, 1.807) is 28.6 Å². The maximum atomic E-state index is 12.7. The number of nitrogens with zero attached hydrogens (tertiary/aromatic N) is 1. The third-order valence-electron chi connectivity index (χ3n) is 3.64. The largest absolute Gasteiger partial charge is 0.384 e. The molecule has 1 fully saturated rings. The second kappa shape index (κ2) is 6.61. The van der Waals surface area contributed by atoms with Crippen molar-refractivity contribution in [3.8, 4) is 11.8 Å². The van der Waals surface area contributed by atoms with E-state index in [0.29, 0.717) is 35.4 Å². The van der Waals surface area contributed by atoms with Gasteiger partial charge in [-0.25, -0.2) is 8.42 Å². The van der Waals surface area contributed by atoms with Crippen molar-refractivity contribution < 1.29 is 13.5 Å². The molecule has 1 aromatic rings. The second-order valence-electron chi connectivity index (χ2n) is 5.75. The number of sulfonamides is 1. The lowest BCUT2D eigenvalue weighted by Crippen LogP contribution is -2.42. The molecule has 0 aromatic heterocycles. The van der Waals surface area contributed by atoms with Gasteiger partial charge < -0.3 is 5.11 Å². The van der Waals surface area contributed by atoms with E-state index in [0.717, 1.165) is 6.42 Å². The fourth-order valence-electron chi connectivity index (χ4n) is 2.80. The fourth-order valence-corrected chi connectivity index (χ4v) is 4.48. The summed E-state index contributed by atoms with van der Waals surface area (Å²) in [6.07, 6.45) is 1.07. The Morgan fingerprint density at radius 2 is 1.76 bits per heavy atom. The lowest BCUT2D eigenvalue weighted by atomic mass is 9.94. The van der Waals surface area contributed by atoms with Crippen molar-refractivity contribution in [3.05, 3.63) is 29.8 Å². The molecular weight excluding hydrogens is 286 g/mol. The van der Waals surface area contributed by atoms with Crippen LogP contribution in [0.2, 0.25) is 0 Å². The van der Waals surface area contributed by atoms with E-state index in [-0.39, 0.29) is 6.61 Å². The number of aliphatic hydroxyl groups excluding tert-OH is 1. The zero-order valence-corrected chi connectivity index (χ0v) is 13.2. The average molecular weight is 307 g/mol. The van der Waals surface area contributed by atoms with Gasteiger partial charge in [0.05, 0.1) is 4.90 Å². The number of hydrogen-bond acceptors (Lipinski definition) is 3. The summed E-state index contributed by atoms with van der Waals surface area (Å²) in [7, 11) is -3.43. The molecule has 1 N–H and O–H groups in total. The zero-order valence-electron chi connectivity index (χ0n) is 12.4. The van der Waals surface area contributed by atoms with Crippen molar-refractivity contribution in [2.24, 2.45) is 11.8 Å². The van der Waals surface area contributed by atoms with Gasteiger partial charge in [0.2, 0.25) is 10.0 Å². The normalized spacial score (nSPS) is 23.4. The molecule has 2 rings (SSSR count). The minimum atomic E-state index is -3.43. The van der Waals surface area contributed by atoms with Gasteiger partial charge in [0.1, 0.15) is 6.61 Å². The summed E-state index contributed by atoms with van der Waals surface area (Å²) < 4.78 is 26.9. The maximum Gasteiger partial charge on any atom is 0.243 e. The van der Waals surface area contributed by atoms with Gasteiger partial charge in [-0.15, -0.1) is 0 Å². The van der Waals surface area contributed by atoms with Crippen LogP contribution in [0.15, 0.2) is 29.2 Å². The van der Waals surface area contributed by atoms with Crippen LogP contribution in [-0.2, 0) is 10.0 Å². The Labute approximate surface area is 126 Å². The highest BCUT2D eigenvalue weighted by atomic mass is 32.2. The lowest BCUT2D eigenvalue weighted by molar-refractivity contribution is 0.222. The summed E-state index contributed by atoms with van der Waals surface area (Å²) in [5, 5.41) is 8.66. The molecule has 1 aliphatic rings. The lowest BCUT2D eigenvalue weighted by Gasteiger charge is -2.34. The van der Waals surface area contributed by atoms with E-state index in [1.165, 1.54) is 0 Å². The first kappa shape index (κ1) is 16.0. The molecule has 21 heavy (non-hydrogen) atoms. The van der Waals surface area contributed by atoms with Crippen molar-refractivity contribution in [2.75, 3.05) is 19.7 Å². The summed E-state index contributed by atoms with van der Waals surface area (Å²) in [6, 6.07) is 6.51. The van der Waals surface area contributed by atoms with E-state index in [4.69, 9.17) is 5.11 Å². The maximum absolute atomic E-state index is 12.7. The van der Waals surface area contributed by atoms with Crippen LogP contribution in [-0.4, -0.2) is 37.5 Å². The summed E-state index contributed by atoms with van der Waals surface area (Å²) in [4.78, 5) is 0.304. The highest BCUT2D eigenvalue weighted by molar-refractivity contribution is 7.89. The smallest absolute Gasteiger partial charge is 0.243 e. The second-order valence-corrected chi connectivity index (χ2v) is 7.69. The molecule has 114 valence electrons. The Kier molecular flexibility index (Phi) is 5.04. The Morgan fingerprint density at radius 1 is 1.19 bits per heavy atom. The van der Waals surface area contributed by atoms with Gasteiger partial charge in [0, 0.05) is 18.7 Å². The van der Waals surface area contributed by atoms with Gasteiger partial charge in [0.15, 0.2) is 0 Å². The van der Waals surface area contributed by atoms with Crippen LogP contribution in [0.25, 0.3) is 0 Å². The van der Waals surface area contributed by atoms with E-state index in [1.807, 2.05) is 0 Å². The number of hydrogen-bond donors (Lipinski definition) is 1. The molecule has 0 spiro atoms. The predicted octanol–water partition coefficient (Wildman–Crippen LogP) is 1.70. The first-order valence-electron chi connectivity index (χ1n) is 7.13. The molecule has 0 radical (unpaired) electrons. The third-order valence-corrected chi connectivity index (χ3v) is 5.49. The van der Waals surface area contributed by atoms with Crippen molar-refractivity contribution in [1.29, 1.82) is 0 Å². The molecule has 0 amide bonds. The fraction of sp³-hybridized carbons (Fsp3) is 0.500. The van der Waals surface area contributed by atoms with Crippen LogP contribution in [0, 0.1) is 23.7 Å². The molecule has 2 unspecified atom stereocenters. The summed E-state index contributed by atoms with van der Waals surface area (Å²) >= 11 is 0. The number of aliphatic hydroxyl groups is 1. The van der Waals surface area contributed by atoms with Gasteiger partial charge in [-0.3, -0.25) is 0 Å². The SMILES string of the molecule is CC1CC(C)CN(S(=O)(=O)c2ccc(C#CCO)cc2)C1. The van der Waals surface area contributed by atoms with E-state index in [9.17, 15) is 8.42 Å². The number of benzene rings is 1. The molecule has 1 aliphatic heterocycles. The molecule has 4 nitrogen and oxygen atoms in total. The molecule has 0 saturated carbocycles. The van der Waals surface area contributed by atoms with Crippen molar-refractivity contribution in [1.82, 2.24) is 4.31 Å². The third kappa shape index (κ3) is 3.85. The topological polar surface area (TPSA) is 57.6 Å². The molecule has 5 heteroatoms. The Morgan fingerprint density at radius 3 is 2.29 bits per heavy atom. The summed E-state index contributed by atoms with van der Waals surface area (Å²) in [6.45, 7) is 5.14. The first-order chi connectivity index (χ1) is 9.93. The minimum Gasteiger partial charge on any atom is -0.384 e. The minimum absolute atomic E-state index is 0.205. The van der Waals surface area contributed by atoms with Crippen LogP contribution in [0.1, 0.15) is 25.8 Å². The van der Waals surface area contributed by atoms with Crippen molar-refractivity contribution in [3.63, 3.8) is 0 Å². The van der Waals surface area contributed by atoms with Crippen LogP contribution >= 0.6 is 0 Å². The summed E-state index contributed by atoms with van der Waals surface area (Å²) in [5.74, 6) is 6.08. The number of rotatable bonds is 2. The standard InChI is InChI=1S/C16H21NO3S/c1-13-10-14(2)12-17(11-13)21(19,20)16-7-5-15(6-8-16)4-3-9-18/h5-8,13-14,18H,9-12H2,1-2H3. The Balaban J connectivity index is 2.23. The number of piperidine rings is 1. The Bertz CT molecular complexity index is 630. The molecule has 0 aliphatic carbocycles. The van der Waals surface area contributed by atoms with Crippen molar-refractivity contribution >= 4 is 10.0 Å². The molecule has 2 atom stereocenters. The van der Waals surface area contributed by atoms with Gasteiger partial charge in [-0.05, 0) is 42.5 Å². The Hall–Kier alpha value is -1.35. The van der Waals surface area contributed by atoms with E-state index in [2.05, 4.69) is 25.7 Å². The van der Waals surface area contributed by atoms with E-state index < -0.39 is 10.0 Å². The van der Waals surface area contributed by atoms with Gasteiger partial charge >= 0.3 is 0 Å². The zero-order chi connectivity index (χ0) is 15.5. The average Bonchev–Trinajstić information content (AvgIpc) is 2.44. The summed E-state index contributed by atoms with van der Waals surface area (Å²) in [5.41, 5.74) is 0.698. The van der Waals surface area contributed by atoms with Crippen LogP contribution in [0.5, 0.6) is 0 Å². The van der Waals surface area contributed by atoms with E-state index >= 15 is 0 Å². The molecule has 1 aromatic carbocycles. The van der Waals surface area contributed by atoms with Gasteiger partial charge in [-0.1, -0.05) is 25.7 Å². The highest BCUT2D eigenvalue weighted by Gasteiger charge is 2.31. The van der Waals surface area contributed by atoms with Crippen molar-refractivity contribution in [2.45, 2.75) is 25.2 Å². The van der Waals surface area contributed by atoms with Gasteiger partial charge in [-0.2, -0.15) is 4.31 Å². The van der Waals surface area contributed by atoms with Crippen LogP contribution in [0.3, 0.4) is 0 Å². The van der Waals surface area contributed by atoms with Crippen LogP contribution in [0.4, 0.5) is 0 Å². The molecular formula is C16H21NO3S. The molecule has 1 saturated heterocycles. The molecule has 0 bridgehead atoms. The molecule has 1 heterocycles. The van der Waals surface area contributed by atoms with Gasteiger partial charge in [0.25, 0.3) is 0 Å². The predicted molar refractivity (Wildman–Crippen MR) is 82.1 cm³/mol.